The van der Waals surface area contributed by atoms with E-state index in [1.165, 1.54) is 9.36 Å². The lowest BCUT2D eigenvalue weighted by Gasteiger charge is -2.31. The summed E-state index contributed by atoms with van der Waals surface area (Å²) >= 11 is 0. The number of benzene rings is 4. The first-order valence-electron chi connectivity index (χ1n) is 19.3. The quantitative estimate of drug-likeness (QED) is 0.137. The van der Waals surface area contributed by atoms with Gasteiger partial charge in [0.25, 0.3) is 17.0 Å². The SMILES string of the molecule is C[C@H]1[C@H]([Si](C)(C)F)[C@@H](CCn2cc(CCO)nn2)O[C@]12C(=O)N(Cc1cccc(-n3ncc4ccccc4c3=O)c1)c1ccc(-n3ncc4ccccc4c3=O)cc12. The van der Waals surface area contributed by atoms with Gasteiger partial charge < -0.3 is 18.9 Å². The Morgan fingerprint density at radius 2 is 1.50 bits per heavy atom. The van der Waals surface area contributed by atoms with Gasteiger partial charge in [0.15, 0.2) is 5.60 Å². The van der Waals surface area contributed by atoms with Gasteiger partial charge in [-0.3, -0.25) is 19.1 Å². The number of aliphatic hydroxyl groups is 1. The molecule has 5 heterocycles. The summed E-state index contributed by atoms with van der Waals surface area (Å²) in [5.41, 5.74) is 0.716. The maximum absolute atomic E-state index is 16.7. The number of amides is 1. The van der Waals surface area contributed by atoms with Gasteiger partial charge in [0, 0.05) is 53.6 Å². The zero-order valence-corrected chi connectivity index (χ0v) is 33.2. The van der Waals surface area contributed by atoms with Crippen molar-refractivity contribution in [3.8, 4) is 11.4 Å². The van der Waals surface area contributed by atoms with Crippen molar-refractivity contribution < 1.29 is 18.7 Å². The van der Waals surface area contributed by atoms with Crippen molar-refractivity contribution in [1.82, 2.24) is 34.6 Å². The lowest BCUT2D eigenvalue weighted by molar-refractivity contribution is -0.146. The fourth-order valence-corrected chi connectivity index (χ4v) is 11.6. The molecule has 0 radical (unpaired) electrons. The molecule has 2 aliphatic rings. The average Bonchev–Trinajstić information content (AvgIpc) is 3.87. The molecule has 0 unspecified atom stereocenters. The largest absolute Gasteiger partial charge is 0.396 e. The summed E-state index contributed by atoms with van der Waals surface area (Å²) in [5, 5.41) is 29.1. The third-order valence-corrected chi connectivity index (χ3v) is 14.1. The van der Waals surface area contributed by atoms with Crippen molar-refractivity contribution >= 4 is 41.5 Å². The molecule has 15 heteroatoms. The highest BCUT2D eigenvalue weighted by Gasteiger charge is 2.66. The number of aliphatic hydroxyl groups excluding tert-OH is 1. The van der Waals surface area contributed by atoms with E-state index in [9.17, 15) is 14.7 Å². The number of hydrogen-bond donors (Lipinski definition) is 1. The van der Waals surface area contributed by atoms with Gasteiger partial charge in [-0.1, -0.05) is 60.7 Å². The van der Waals surface area contributed by atoms with Crippen molar-refractivity contribution in [2.24, 2.45) is 5.92 Å². The summed E-state index contributed by atoms with van der Waals surface area (Å²) in [7, 11) is -3.50. The van der Waals surface area contributed by atoms with Crippen molar-refractivity contribution in [3.63, 3.8) is 0 Å². The number of ether oxygens (including phenoxy) is 1. The highest BCUT2D eigenvalue weighted by atomic mass is 28.4. The molecule has 1 amide bonds. The Bertz CT molecular complexity index is 2850. The van der Waals surface area contributed by atoms with Gasteiger partial charge >= 0.3 is 0 Å². The zero-order chi connectivity index (χ0) is 40.3. The Balaban J connectivity index is 1.14. The Labute approximate surface area is 333 Å². The standard InChI is InChI=1S/C43H41FN8O5Si/c1-27-39(58(2,3)44)38(17-19-49-26-31(18-20-53)47-48-49)57-43(27)36-22-33(52-41(55)35-14-7-5-11-30(35)24-46-52)15-16-37(36)50(42(43)56)25-28-9-8-12-32(21-28)51-40(54)34-13-6-4-10-29(34)23-45-51/h4-16,21-24,26-27,38-39,53H,17-20,25H2,1-3H3/t27-,38+,39-,43+/m0/s1. The first-order valence-corrected chi connectivity index (χ1v) is 22.3. The Kier molecular flexibility index (Phi) is 9.25. The highest BCUT2D eigenvalue weighted by molar-refractivity contribution is 6.72. The number of nitrogens with zero attached hydrogens (tertiary/aromatic N) is 8. The van der Waals surface area contributed by atoms with Crippen LogP contribution in [-0.2, 0) is 34.6 Å². The molecule has 4 atom stereocenters. The second-order valence-corrected chi connectivity index (χ2v) is 19.5. The van der Waals surface area contributed by atoms with Crippen LogP contribution in [0.15, 0.2) is 119 Å². The van der Waals surface area contributed by atoms with Gasteiger partial charge in [0.05, 0.1) is 58.6 Å². The third kappa shape index (κ3) is 6.17. The first kappa shape index (κ1) is 37.4. The molecule has 4 aromatic carbocycles. The van der Waals surface area contributed by atoms with E-state index in [0.29, 0.717) is 63.9 Å². The molecule has 58 heavy (non-hydrogen) atoms. The van der Waals surface area contributed by atoms with E-state index in [1.807, 2.05) is 55.5 Å². The molecule has 2 aliphatic heterocycles. The van der Waals surface area contributed by atoms with Gasteiger partial charge in [-0.2, -0.15) is 19.6 Å². The average molecular weight is 797 g/mol. The van der Waals surface area contributed by atoms with Gasteiger partial charge in [0.1, 0.15) is 0 Å². The fraction of sp³-hybridized carbons (Fsp3) is 0.279. The molecule has 1 saturated heterocycles. The summed E-state index contributed by atoms with van der Waals surface area (Å²) in [4.78, 5) is 44.3. The predicted molar refractivity (Wildman–Crippen MR) is 219 cm³/mol. The molecule has 7 aromatic rings. The molecule has 0 aliphatic carbocycles. The second-order valence-electron chi connectivity index (χ2n) is 15.7. The molecular formula is C43H41FN8O5Si. The van der Waals surface area contributed by atoms with Gasteiger partial charge in [-0.05, 0) is 67.5 Å². The maximum Gasteiger partial charge on any atom is 0.279 e. The van der Waals surface area contributed by atoms with Gasteiger partial charge in [-0.25, -0.2) is 0 Å². The molecule has 0 saturated carbocycles. The summed E-state index contributed by atoms with van der Waals surface area (Å²) < 4.78 is 28.0. The van der Waals surface area contributed by atoms with Crippen molar-refractivity contribution in [1.29, 1.82) is 0 Å². The molecule has 294 valence electrons. The molecule has 3 aromatic heterocycles. The zero-order valence-electron chi connectivity index (χ0n) is 32.2. The van der Waals surface area contributed by atoms with Gasteiger partial charge in [-0.15, -0.1) is 5.10 Å². The number of rotatable bonds is 10. The first-order chi connectivity index (χ1) is 28.0. The van der Waals surface area contributed by atoms with Gasteiger partial charge in [0.2, 0.25) is 8.41 Å². The minimum Gasteiger partial charge on any atom is -0.396 e. The Morgan fingerprint density at radius 3 is 2.16 bits per heavy atom. The van der Waals surface area contributed by atoms with E-state index in [4.69, 9.17) is 4.74 Å². The number of hydrogen-bond acceptors (Lipinski definition) is 9. The molecule has 1 fully saturated rings. The van der Waals surface area contributed by atoms with Crippen LogP contribution in [0.3, 0.4) is 0 Å². The van der Waals surface area contributed by atoms with E-state index in [2.05, 4.69) is 20.5 Å². The number of halogens is 1. The lowest BCUT2D eigenvalue weighted by Crippen LogP contribution is -2.45. The number of carbonyl (C=O) groups excluding carboxylic acids is 1. The second kappa shape index (κ2) is 14.3. The van der Waals surface area contributed by atoms with Crippen molar-refractivity contribution in [3.05, 3.63) is 147 Å². The molecular weight excluding hydrogens is 756 g/mol. The van der Waals surface area contributed by atoms with E-state index >= 15 is 8.90 Å². The molecule has 13 nitrogen and oxygen atoms in total. The van der Waals surface area contributed by atoms with Crippen LogP contribution >= 0.6 is 0 Å². The van der Waals surface area contributed by atoms with E-state index in [0.717, 1.165) is 10.9 Å². The van der Waals surface area contributed by atoms with Crippen LogP contribution in [0, 0.1) is 5.92 Å². The Morgan fingerprint density at radius 1 is 0.845 bits per heavy atom. The molecule has 1 spiro atoms. The minimum atomic E-state index is -3.50. The van der Waals surface area contributed by atoms with Crippen LogP contribution < -0.4 is 16.0 Å². The third-order valence-electron chi connectivity index (χ3n) is 11.7. The monoisotopic (exact) mass is 796 g/mol. The fourth-order valence-electron chi connectivity index (χ4n) is 9.05. The number of aryl methyl sites for hydroxylation is 1. The van der Waals surface area contributed by atoms with Crippen LogP contribution in [-0.4, -0.2) is 66.7 Å². The molecule has 9 rings (SSSR count). The topological polar surface area (TPSA) is 150 Å². The van der Waals surface area contributed by atoms with E-state index in [-0.39, 0.29) is 30.2 Å². The van der Waals surface area contributed by atoms with Crippen LogP contribution in [0.2, 0.25) is 18.6 Å². The minimum absolute atomic E-state index is 0.0574. The van der Waals surface area contributed by atoms with E-state index < -0.39 is 31.6 Å². The maximum atomic E-state index is 16.7. The van der Waals surface area contributed by atoms with Crippen LogP contribution in [0.25, 0.3) is 32.9 Å². The predicted octanol–water partition coefficient (Wildman–Crippen LogP) is 5.62. The number of aromatic nitrogens is 7. The lowest BCUT2D eigenvalue weighted by atomic mass is 9.82. The Hall–Kier alpha value is -6.16. The summed E-state index contributed by atoms with van der Waals surface area (Å²) in [6.45, 7) is 5.62. The van der Waals surface area contributed by atoms with Crippen LogP contribution in [0.1, 0.15) is 30.2 Å². The van der Waals surface area contributed by atoms with Crippen LogP contribution in [0.4, 0.5) is 9.80 Å². The van der Waals surface area contributed by atoms with Crippen molar-refractivity contribution in [2.45, 2.75) is 63.2 Å². The summed E-state index contributed by atoms with van der Waals surface area (Å²) in [5.74, 6) is -0.932. The highest BCUT2D eigenvalue weighted by Crippen LogP contribution is 2.60. The number of fused-ring (bicyclic) bond motifs is 4. The summed E-state index contributed by atoms with van der Waals surface area (Å²) in [6, 6.07) is 27.2. The summed E-state index contributed by atoms with van der Waals surface area (Å²) in [6.07, 6.45) is 5.12. The number of anilines is 1. The van der Waals surface area contributed by atoms with Crippen LogP contribution in [0.5, 0.6) is 0 Å². The normalized spacial score (nSPS) is 20.5. The number of carbonyl (C=O) groups is 1. The smallest absolute Gasteiger partial charge is 0.279 e. The molecule has 0 bridgehead atoms. The van der Waals surface area contributed by atoms with Crippen molar-refractivity contribution in [2.75, 3.05) is 11.5 Å². The molecule has 1 N–H and O–H groups in total. The van der Waals surface area contributed by atoms with E-state index in [1.54, 1.807) is 83.7 Å².